The van der Waals surface area contributed by atoms with Gasteiger partial charge in [-0.3, -0.25) is 9.78 Å². The quantitative estimate of drug-likeness (QED) is 0.374. The van der Waals surface area contributed by atoms with Gasteiger partial charge in [-0.15, -0.1) is 0 Å². The fourth-order valence-corrected chi connectivity index (χ4v) is 3.81. The number of nitrogens with zero attached hydrogens (tertiary/aromatic N) is 3. The maximum atomic E-state index is 13.4. The Labute approximate surface area is 217 Å². The highest BCUT2D eigenvalue weighted by molar-refractivity contribution is 6.31. The molecule has 10 nitrogen and oxygen atoms in total. The van der Waals surface area contributed by atoms with Crippen LogP contribution in [0.2, 0.25) is 5.02 Å². The number of hydrogen-bond donors (Lipinski definition) is 3. The van der Waals surface area contributed by atoms with E-state index in [1.807, 2.05) is 0 Å². The third kappa shape index (κ3) is 6.44. The molecule has 1 aliphatic rings. The van der Waals surface area contributed by atoms with Crippen LogP contribution in [0, 0.1) is 5.82 Å². The van der Waals surface area contributed by atoms with E-state index in [1.165, 1.54) is 31.0 Å². The molecule has 1 aromatic carbocycles. The minimum Gasteiger partial charge on any atom is -0.407 e. The molecule has 1 saturated heterocycles. The SMILES string of the molecule is O=C(N[C@@]1(C(=O)NCc2ncc(Nc3ccc(F)cc3C(F)(F)F)cc2Cl)CCOC1)Oc1cncnc1. The highest BCUT2D eigenvalue weighted by Crippen LogP contribution is 2.36. The molecule has 0 aliphatic carbocycles. The highest BCUT2D eigenvalue weighted by Gasteiger charge is 2.44. The van der Waals surface area contributed by atoms with Crippen LogP contribution in [0.5, 0.6) is 5.75 Å². The maximum Gasteiger partial charge on any atom is 0.418 e. The summed E-state index contributed by atoms with van der Waals surface area (Å²) < 4.78 is 63.5. The summed E-state index contributed by atoms with van der Waals surface area (Å²) in [5.41, 5.74) is -2.69. The van der Waals surface area contributed by atoms with Gasteiger partial charge in [-0.2, -0.15) is 13.2 Å². The summed E-state index contributed by atoms with van der Waals surface area (Å²) in [6.07, 6.45) is -0.514. The Kier molecular flexibility index (Phi) is 7.92. The van der Waals surface area contributed by atoms with Crippen molar-refractivity contribution in [2.45, 2.75) is 24.7 Å². The van der Waals surface area contributed by atoms with Gasteiger partial charge in [0.25, 0.3) is 0 Å². The minimum atomic E-state index is -4.79. The molecule has 3 N–H and O–H groups in total. The molecule has 15 heteroatoms. The van der Waals surface area contributed by atoms with Crippen molar-refractivity contribution in [2.24, 2.45) is 0 Å². The molecule has 3 aromatic rings. The first-order valence-electron chi connectivity index (χ1n) is 10.9. The molecule has 3 heterocycles. The number of rotatable bonds is 7. The molecule has 0 saturated carbocycles. The second-order valence-electron chi connectivity index (χ2n) is 8.12. The van der Waals surface area contributed by atoms with Crippen LogP contribution in [0.15, 0.2) is 49.2 Å². The highest BCUT2D eigenvalue weighted by atomic mass is 35.5. The number of hydrogen-bond acceptors (Lipinski definition) is 8. The monoisotopic (exact) mass is 554 g/mol. The van der Waals surface area contributed by atoms with Crippen molar-refractivity contribution < 1.29 is 36.6 Å². The Morgan fingerprint density at radius 2 is 1.92 bits per heavy atom. The number of aromatic nitrogens is 3. The third-order valence-electron chi connectivity index (χ3n) is 5.44. The van der Waals surface area contributed by atoms with Gasteiger partial charge >= 0.3 is 12.3 Å². The number of carbonyl (C=O) groups is 2. The zero-order valence-electron chi connectivity index (χ0n) is 19.3. The van der Waals surface area contributed by atoms with Gasteiger partial charge in [0.1, 0.15) is 17.7 Å². The van der Waals surface area contributed by atoms with Crippen molar-refractivity contribution in [1.82, 2.24) is 25.6 Å². The molecule has 38 heavy (non-hydrogen) atoms. The first kappa shape index (κ1) is 27.0. The lowest BCUT2D eigenvalue weighted by molar-refractivity contribution is -0.137. The molecule has 1 aliphatic heterocycles. The van der Waals surface area contributed by atoms with Gasteiger partial charge < -0.3 is 25.4 Å². The van der Waals surface area contributed by atoms with Gasteiger partial charge in [-0.1, -0.05) is 11.6 Å². The number of pyridine rings is 1. The number of benzene rings is 1. The first-order chi connectivity index (χ1) is 18.1. The predicted octanol–water partition coefficient (Wildman–Crippen LogP) is 3.99. The summed E-state index contributed by atoms with van der Waals surface area (Å²) in [7, 11) is 0. The van der Waals surface area contributed by atoms with E-state index in [0.29, 0.717) is 6.07 Å². The fourth-order valence-electron chi connectivity index (χ4n) is 3.58. The van der Waals surface area contributed by atoms with Gasteiger partial charge in [-0.05, 0) is 24.3 Å². The Morgan fingerprint density at radius 1 is 1.16 bits per heavy atom. The summed E-state index contributed by atoms with van der Waals surface area (Å²) in [5, 5.41) is 7.70. The molecular weight excluding hydrogens is 536 g/mol. The van der Waals surface area contributed by atoms with E-state index in [9.17, 15) is 27.2 Å². The molecular formula is C23H19ClF4N6O4. The molecule has 2 amide bonds. The van der Waals surface area contributed by atoms with Crippen molar-refractivity contribution in [1.29, 1.82) is 0 Å². The lowest BCUT2D eigenvalue weighted by Gasteiger charge is -2.27. The van der Waals surface area contributed by atoms with Gasteiger partial charge in [0.15, 0.2) is 5.75 Å². The molecule has 4 rings (SSSR count). The van der Waals surface area contributed by atoms with Crippen LogP contribution in [0.1, 0.15) is 17.7 Å². The van der Waals surface area contributed by atoms with E-state index >= 15 is 0 Å². The third-order valence-corrected chi connectivity index (χ3v) is 5.77. The number of nitrogens with one attached hydrogen (secondary N) is 3. The van der Waals surface area contributed by atoms with E-state index in [-0.39, 0.29) is 54.0 Å². The lowest BCUT2D eigenvalue weighted by atomic mass is 9.97. The van der Waals surface area contributed by atoms with Crippen LogP contribution in [0.4, 0.5) is 33.7 Å². The van der Waals surface area contributed by atoms with Crippen molar-refractivity contribution in [3.8, 4) is 5.75 Å². The van der Waals surface area contributed by atoms with E-state index in [4.69, 9.17) is 21.1 Å². The summed E-state index contributed by atoms with van der Waals surface area (Å²) in [6, 6.07) is 3.52. The van der Waals surface area contributed by atoms with E-state index < -0.39 is 35.1 Å². The van der Waals surface area contributed by atoms with Gasteiger partial charge in [0.2, 0.25) is 5.91 Å². The number of anilines is 2. The van der Waals surface area contributed by atoms with E-state index in [1.54, 1.807) is 0 Å². The van der Waals surface area contributed by atoms with Crippen molar-refractivity contribution in [3.05, 3.63) is 71.3 Å². The second kappa shape index (κ2) is 11.1. The van der Waals surface area contributed by atoms with Crippen LogP contribution in [-0.4, -0.2) is 45.7 Å². The number of ether oxygens (including phenoxy) is 2. The Bertz CT molecular complexity index is 1320. The number of alkyl halides is 3. The predicted molar refractivity (Wildman–Crippen MR) is 125 cm³/mol. The molecule has 0 bridgehead atoms. The van der Waals surface area contributed by atoms with Gasteiger partial charge in [0.05, 0.1) is 59.4 Å². The van der Waals surface area contributed by atoms with Crippen molar-refractivity contribution in [2.75, 3.05) is 18.5 Å². The fraction of sp³-hybridized carbons (Fsp3) is 0.261. The molecule has 2 aromatic heterocycles. The molecule has 1 atom stereocenters. The van der Waals surface area contributed by atoms with Crippen molar-refractivity contribution >= 4 is 35.0 Å². The summed E-state index contributed by atoms with van der Waals surface area (Å²) in [6.45, 7) is -0.0550. The zero-order chi connectivity index (χ0) is 27.3. The Hall–Kier alpha value is -4.04. The molecule has 0 spiro atoms. The van der Waals surface area contributed by atoms with Crippen LogP contribution in [-0.2, 0) is 22.3 Å². The van der Waals surface area contributed by atoms with Crippen LogP contribution >= 0.6 is 11.6 Å². The molecule has 0 radical (unpaired) electrons. The van der Waals surface area contributed by atoms with Gasteiger partial charge in [-0.25, -0.2) is 19.2 Å². The average molecular weight is 555 g/mol. The van der Waals surface area contributed by atoms with E-state index in [2.05, 4.69) is 30.9 Å². The Morgan fingerprint density at radius 3 is 2.58 bits per heavy atom. The number of amides is 2. The average Bonchev–Trinajstić information content (AvgIpc) is 3.34. The Balaban J connectivity index is 1.41. The van der Waals surface area contributed by atoms with Crippen molar-refractivity contribution in [3.63, 3.8) is 0 Å². The summed E-state index contributed by atoms with van der Waals surface area (Å²) in [4.78, 5) is 36.9. The first-order valence-corrected chi connectivity index (χ1v) is 11.3. The van der Waals surface area contributed by atoms with Crippen LogP contribution in [0.3, 0.4) is 0 Å². The summed E-state index contributed by atoms with van der Waals surface area (Å²) in [5.74, 6) is -1.54. The van der Waals surface area contributed by atoms with E-state index in [0.717, 1.165) is 12.1 Å². The largest absolute Gasteiger partial charge is 0.418 e. The second-order valence-corrected chi connectivity index (χ2v) is 8.53. The van der Waals surface area contributed by atoms with Crippen LogP contribution in [0.25, 0.3) is 0 Å². The maximum absolute atomic E-state index is 13.4. The lowest BCUT2D eigenvalue weighted by Crippen LogP contribution is -2.59. The normalized spacial score (nSPS) is 17.1. The zero-order valence-corrected chi connectivity index (χ0v) is 20.1. The molecule has 0 unspecified atom stereocenters. The summed E-state index contributed by atoms with van der Waals surface area (Å²) >= 11 is 6.24. The van der Waals surface area contributed by atoms with Gasteiger partial charge in [0, 0.05) is 13.0 Å². The number of halogens is 5. The molecule has 200 valence electrons. The molecule has 1 fully saturated rings. The number of carbonyl (C=O) groups excluding carboxylic acids is 2. The van der Waals surface area contributed by atoms with Crippen LogP contribution < -0.4 is 20.7 Å². The minimum absolute atomic E-state index is 0.0409. The standard InChI is InChI=1S/C23H19ClF4N6O4/c24-17-6-14(33-18-2-1-13(25)5-16(18)23(26,27)28)7-31-19(17)10-32-20(35)22(3-4-37-11-22)34-21(36)38-15-8-29-12-30-9-15/h1-2,5-9,12,33H,3-4,10-11H2,(H,32,35)(H,34,36)/t22-/m0/s1. The topological polar surface area (TPSA) is 127 Å². The smallest absolute Gasteiger partial charge is 0.407 e.